The zero-order valence-corrected chi connectivity index (χ0v) is 9.24. The van der Waals surface area contributed by atoms with Crippen LogP contribution in [0.1, 0.15) is 43.2 Å². The van der Waals surface area contributed by atoms with Crippen molar-refractivity contribution in [2.45, 2.75) is 39.5 Å². The Bertz CT molecular complexity index is 270. The number of hydrogen-bond donors (Lipinski definition) is 2. The zero-order valence-electron chi connectivity index (χ0n) is 8.42. The van der Waals surface area contributed by atoms with Gasteiger partial charge in [-0.05, 0) is 19.3 Å². The highest BCUT2D eigenvalue weighted by atomic mass is 32.1. The zero-order chi connectivity index (χ0) is 9.84. The molecule has 0 saturated carbocycles. The van der Waals surface area contributed by atoms with Gasteiger partial charge in [0.05, 0.1) is 5.69 Å². The average molecular weight is 199 g/mol. The smallest absolute Gasteiger partial charge is 0.197 e. The SMILES string of the molecule is CCCC(C)c1nc(NN)sc1C. The highest BCUT2D eigenvalue weighted by Crippen LogP contribution is 2.29. The van der Waals surface area contributed by atoms with Crippen molar-refractivity contribution in [1.29, 1.82) is 0 Å². The number of nitrogens with two attached hydrogens (primary N) is 1. The van der Waals surface area contributed by atoms with Crippen LogP contribution >= 0.6 is 11.3 Å². The van der Waals surface area contributed by atoms with Gasteiger partial charge in [-0.25, -0.2) is 10.8 Å². The number of hydrogen-bond acceptors (Lipinski definition) is 4. The summed E-state index contributed by atoms with van der Waals surface area (Å²) < 4.78 is 0. The minimum Gasteiger partial charge on any atom is -0.300 e. The number of nitrogen functional groups attached to an aromatic ring is 1. The van der Waals surface area contributed by atoms with Crippen LogP contribution in [0.4, 0.5) is 5.13 Å². The number of aromatic nitrogens is 1. The lowest BCUT2D eigenvalue weighted by molar-refractivity contribution is 0.648. The van der Waals surface area contributed by atoms with E-state index in [1.807, 2.05) is 0 Å². The minimum atomic E-state index is 0.545. The fourth-order valence-electron chi connectivity index (χ4n) is 1.50. The molecule has 0 fully saturated rings. The van der Waals surface area contributed by atoms with Gasteiger partial charge in [0.25, 0.3) is 0 Å². The standard InChI is InChI=1S/C9H17N3S/c1-4-5-6(2)8-7(3)13-9(11-8)12-10/h6H,4-5,10H2,1-3H3,(H,11,12). The molecule has 0 aromatic carbocycles. The summed E-state index contributed by atoms with van der Waals surface area (Å²) in [5.74, 6) is 5.85. The third kappa shape index (κ3) is 2.42. The lowest BCUT2D eigenvalue weighted by atomic mass is 10.0. The molecule has 0 spiro atoms. The van der Waals surface area contributed by atoms with Crippen LogP contribution in [0, 0.1) is 6.92 Å². The Balaban J connectivity index is 2.80. The fraction of sp³-hybridized carbons (Fsp3) is 0.667. The molecule has 3 nitrogen and oxygen atoms in total. The molecule has 74 valence electrons. The maximum absolute atomic E-state index is 5.30. The first-order valence-electron chi connectivity index (χ1n) is 4.63. The Morgan fingerprint density at radius 2 is 2.31 bits per heavy atom. The number of nitrogens with zero attached hydrogens (tertiary/aromatic N) is 1. The highest BCUT2D eigenvalue weighted by molar-refractivity contribution is 7.15. The van der Waals surface area contributed by atoms with Gasteiger partial charge >= 0.3 is 0 Å². The molecule has 1 rings (SSSR count). The van der Waals surface area contributed by atoms with E-state index >= 15 is 0 Å². The van der Waals surface area contributed by atoms with Crippen LogP contribution in [-0.2, 0) is 0 Å². The third-order valence-corrected chi connectivity index (χ3v) is 3.06. The van der Waals surface area contributed by atoms with Gasteiger partial charge in [0, 0.05) is 4.88 Å². The highest BCUT2D eigenvalue weighted by Gasteiger charge is 2.12. The molecule has 1 atom stereocenters. The molecule has 0 aliphatic heterocycles. The predicted molar refractivity (Wildman–Crippen MR) is 58.0 cm³/mol. The van der Waals surface area contributed by atoms with E-state index in [1.165, 1.54) is 23.4 Å². The van der Waals surface area contributed by atoms with Crippen molar-refractivity contribution in [1.82, 2.24) is 4.98 Å². The molecule has 0 amide bonds. The number of hydrazine groups is 1. The van der Waals surface area contributed by atoms with Crippen LogP contribution in [0.25, 0.3) is 0 Å². The van der Waals surface area contributed by atoms with Crippen molar-refractivity contribution in [2.75, 3.05) is 5.43 Å². The summed E-state index contributed by atoms with van der Waals surface area (Å²) in [6.07, 6.45) is 2.39. The van der Waals surface area contributed by atoms with E-state index in [4.69, 9.17) is 5.84 Å². The summed E-state index contributed by atoms with van der Waals surface area (Å²) in [6, 6.07) is 0. The van der Waals surface area contributed by atoms with Crippen molar-refractivity contribution in [2.24, 2.45) is 5.84 Å². The first kappa shape index (κ1) is 10.5. The minimum absolute atomic E-state index is 0.545. The maximum Gasteiger partial charge on any atom is 0.197 e. The third-order valence-electron chi connectivity index (χ3n) is 2.14. The van der Waals surface area contributed by atoms with E-state index < -0.39 is 0 Å². The molecule has 13 heavy (non-hydrogen) atoms. The average Bonchev–Trinajstić information content (AvgIpc) is 2.47. The van der Waals surface area contributed by atoms with E-state index in [0.29, 0.717) is 5.92 Å². The van der Waals surface area contributed by atoms with E-state index in [9.17, 15) is 0 Å². The summed E-state index contributed by atoms with van der Waals surface area (Å²) in [5, 5.41) is 0.815. The number of aryl methyl sites for hydroxylation is 1. The number of thiazole rings is 1. The predicted octanol–water partition coefficient (Wildman–Crippen LogP) is 2.64. The van der Waals surface area contributed by atoms with Crippen LogP contribution in [0.15, 0.2) is 0 Å². The van der Waals surface area contributed by atoms with Gasteiger partial charge in [-0.3, -0.25) is 5.43 Å². The molecule has 1 heterocycles. The molecule has 3 N–H and O–H groups in total. The van der Waals surface area contributed by atoms with Gasteiger partial charge < -0.3 is 0 Å². The lowest BCUT2D eigenvalue weighted by Crippen LogP contribution is -2.06. The number of rotatable bonds is 4. The van der Waals surface area contributed by atoms with Gasteiger partial charge in [-0.1, -0.05) is 20.3 Å². The Morgan fingerprint density at radius 3 is 2.77 bits per heavy atom. The van der Waals surface area contributed by atoms with Crippen LogP contribution in [-0.4, -0.2) is 4.98 Å². The largest absolute Gasteiger partial charge is 0.300 e. The van der Waals surface area contributed by atoms with E-state index in [2.05, 4.69) is 31.2 Å². The topological polar surface area (TPSA) is 50.9 Å². The summed E-state index contributed by atoms with van der Waals surface area (Å²) in [5.41, 5.74) is 3.79. The van der Waals surface area contributed by atoms with Gasteiger partial charge in [-0.15, -0.1) is 11.3 Å². The first-order valence-corrected chi connectivity index (χ1v) is 5.44. The van der Waals surface area contributed by atoms with E-state index in [1.54, 1.807) is 11.3 Å². The van der Waals surface area contributed by atoms with Gasteiger partial charge in [0.1, 0.15) is 0 Å². The molecular weight excluding hydrogens is 182 g/mol. The lowest BCUT2D eigenvalue weighted by Gasteiger charge is -2.06. The molecule has 0 radical (unpaired) electrons. The molecular formula is C9H17N3S. The van der Waals surface area contributed by atoms with Crippen LogP contribution in [0.2, 0.25) is 0 Å². The van der Waals surface area contributed by atoms with Gasteiger partial charge in [0.2, 0.25) is 0 Å². The van der Waals surface area contributed by atoms with Crippen LogP contribution in [0.3, 0.4) is 0 Å². The van der Waals surface area contributed by atoms with Crippen molar-refractivity contribution in [3.05, 3.63) is 10.6 Å². The number of anilines is 1. The Hall–Kier alpha value is -0.610. The molecule has 0 bridgehead atoms. The van der Waals surface area contributed by atoms with Crippen molar-refractivity contribution >= 4 is 16.5 Å². The summed E-state index contributed by atoms with van der Waals surface area (Å²) in [7, 11) is 0. The molecule has 1 aromatic rings. The molecule has 0 saturated heterocycles. The van der Waals surface area contributed by atoms with Crippen molar-refractivity contribution < 1.29 is 0 Å². The summed E-state index contributed by atoms with van der Waals surface area (Å²) in [6.45, 7) is 6.51. The molecule has 1 unspecified atom stereocenters. The Labute approximate surface area is 83.3 Å². The Morgan fingerprint density at radius 1 is 1.62 bits per heavy atom. The second-order valence-electron chi connectivity index (χ2n) is 3.29. The Kier molecular flexibility index (Phi) is 3.69. The maximum atomic E-state index is 5.30. The fourth-order valence-corrected chi connectivity index (χ4v) is 2.34. The molecule has 1 aromatic heterocycles. The van der Waals surface area contributed by atoms with E-state index in [-0.39, 0.29) is 0 Å². The molecule has 4 heteroatoms. The second kappa shape index (κ2) is 4.58. The molecule has 0 aliphatic carbocycles. The second-order valence-corrected chi connectivity index (χ2v) is 4.50. The van der Waals surface area contributed by atoms with Crippen molar-refractivity contribution in [3.63, 3.8) is 0 Å². The normalized spacial score (nSPS) is 12.9. The van der Waals surface area contributed by atoms with E-state index in [0.717, 1.165) is 5.13 Å². The first-order chi connectivity index (χ1) is 6.19. The van der Waals surface area contributed by atoms with Crippen LogP contribution in [0.5, 0.6) is 0 Å². The molecule has 0 aliphatic rings. The quantitative estimate of drug-likeness (QED) is 0.579. The van der Waals surface area contributed by atoms with Gasteiger partial charge in [-0.2, -0.15) is 0 Å². The van der Waals surface area contributed by atoms with Crippen molar-refractivity contribution in [3.8, 4) is 0 Å². The monoisotopic (exact) mass is 199 g/mol. The summed E-state index contributed by atoms with van der Waals surface area (Å²) in [4.78, 5) is 5.70. The number of nitrogens with one attached hydrogen (secondary N) is 1. The summed E-state index contributed by atoms with van der Waals surface area (Å²) >= 11 is 1.62. The van der Waals surface area contributed by atoms with Gasteiger partial charge in [0.15, 0.2) is 5.13 Å². The van der Waals surface area contributed by atoms with Crippen LogP contribution < -0.4 is 11.3 Å².